The first-order valence-electron chi connectivity index (χ1n) is 43.7. The number of aliphatic hydroxyl groups is 1. The number of hydrogen-bond donors (Lipinski definition) is 3. The average Bonchev–Trinajstić information content (AvgIpc) is 1.61. The van der Waals surface area contributed by atoms with Crippen molar-refractivity contribution in [2.75, 3.05) is 164 Å². The first-order valence-corrected chi connectivity index (χ1v) is 43.7. The maximum Gasteiger partial charge on any atom is 0.407 e. The summed E-state index contributed by atoms with van der Waals surface area (Å²) in [6.45, 7) is 20.2. The van der Waals surface area contributed by atoms with Gasteiger partial charge < -0.3 is 92.1 Å². The third-order valence-electron chi connectivity index (χ3n) is 22.8. The smallest absolute Gasteiger partial charge is 0.407 e. The molecule has 3 amide bonds. The Morgan fingerprint density at radius 3 is 2.04 bits per heavy atom. The molecule has 2 unspecified atom stereocenters. The molecule has 0 bridgehead atoms. The molecule has 30 heteroatoms. The molecule has 4 N–H and O–H groups in total. The molecule has 2 aromatic carbocycles. The standard InChI is InChI=1S/C91H134N10O20/c1-64(16-11-9-12-17-66(3)82(109-8)58-76-18-15-19-81(119-76)86(106)89(107)99-35-13-10-14-36-99)54-67(4)78(103)59-79(104)68(5)55-65(2)20-27-74(118-63-102)28-22-69-23-29-75(30-24-69)120-91(108)93-34-39-111-41-43-113-45-47-115-49-51-117-53-52-116-50-48-114-46-44-112-42-40-110-38-33-83(105)100-37-32-71-56-70(21-25-73(71)61-100)60-101-88-84(87(98(6)7)94-62-95-88)85(97-101)72-26-31-80-77(57-72)96-90(92)121-80/h9,11-12,16-17,21,25-26,31,55-57,62-65,67,69,74-76,79,81-82,104H,10,13-15,18-20,22-24,27-30,32-54,58-61H2,1-8H3,(H2,92,96)(H,93,108)/b12-9+,16-11+,66-17+,68-55+/t64-,65+,67-,69-,74+,75-,76?,79+,81?,82+/m1/s1. The van der Waals surface area contributed by atoms with E-state index in [1.165, 1.54) is 5.56 Å². The summed E-state index contributed by atoms with van der Waals surface area (Å²) >= 11 is 0. The van der Waals surface area contributed by atoms with Crippen molar-refractivity contribution < 1.29 is 95.1 Å². The minimum atomic E-state index is -0.881. The molecule has 0 radical (unpaired) electrons. The minimum Gasteiger partial charge on any atom is -0.465 e. The fraction of sp³-hybridized carbons (Fsp3) is 0.648. The van der Waals surface area contributed by atoms with Crippen LogP contribution in [0.15, 0.2) is 94.7 Å². The van der Waals surface area contributed by atoms with Gasteiger partial charge in [-0.1, -0.05) is 75.4 Å². The number of aliphatic hydroxyl groups excluding tert-OH is 1. The van der Waals surface area contributed by atoms with E-state index in [0.29, 0.717) is 206 Å². The van der Waals surface area contributed by atoms with Crippen LogP contribution in [-0.2, 0) is 100 Å². The topological polar surface area (TPSA) is 351 Å². The molecule has 3 fully saturated rings. The van der Waals surface area contributed by atoms with Crippen molar-refractivity contribution in [2.24, 2.45) is 23.7 Å². The monoisotopic (exact) mass is 1690 g/mol. The first-order chi connectivity index (χ1) is 58.7. The number of benzene rings is 2. The summed E-state index contributed by atoms with van der Waals surface area (Å²) in [6.07, 6.45) is 24.7. The number of alkyl carbamates (subject to hydrolysis) is 1. The number of nitrogens with one attached hydrogen (secondary N) is 1. The molecule has 30 nitrogen and oxygen atoms in total. The number of amides is 3. The molecule has 8 atom stereocenters. The van der Waals surface area contributed by atoms with Crippen molar-refractivity contribution in [1.82, 2.24) is 39.8 Å². The van der Waals surface area contributed by atoms with Gasteiger partial charge in [0.15, 0.2) is 11.2 Å². The zero-order valence-corrected chi connectivity index (χ0v) is 72.7. The Labute approximate surface area is 713 Å². The number of nitrogens with zero attached hydrogens (tertiary/aromatic N) is 8. The molecule has 3 aliphatic heterocycles. The fourth-order valence-electron chi connectivity index (χ4n) is 15.9. The summed E-state index contributed by atoms with van der Waals surface area (Å²) in [4.78, 5) is 95.7. The third kappa shape index (κ3) is 33.0. The molecule has 3 aromatic heterocycles. The van der Waals surface area contributed by atoms with Crippen LogP contribution in [0, 0.1) is 23.7 Å². The normalized spacial score (nSPS) is 19.0. The molecule has 668 valence electrons. The highest BCUT2D eigenvalue weighted by molar-refractivity contribution is 6.37. The van der Waals surface area contributed by atoms with Crippen molar-refractivity contribution in [3.05, 3.63) is 107 Å². The van der Waals surface area contributed by atoms with Gasteiger partial charge in [-0.2, -0.15) is 10.1 Å². The number of likely N-dealkylation sites (tertiary alicyclic amines) is 1. The van der Waals surface area contributed by atoms with Crippen LogP contribution in [0.25, 0.3) is 33.4 Å². The van der Waals surface area contributed by atoms with Gasteiger partial charge in [-0.25, -0.2) is 19.4 Å². The summed E-state index contributed by atoms with van der Waals surface area (Å²) in [7, 11) is 5.57. The van der Waals surface area contributed by atoms with Gasteiger partial charge in [0.2, 0.25) is 11.7 Å². The van der Waals surface area contributed by atoms with E-state index in [1.807, 2.05) is 97.9 Å². The molecule has 5 aromatic rings. The van der Waals surface area contributed by atoms with Crippen molar-refractivity contribution in [1.29, 1.82) is 0 Å². The summed E-state index contributed by atoms with van der Waals surface area (Å²) in [5.41, 5.74) is 14.6. The number of carbonyl (C=O) groups excluding carboxylic acids is 6. The molecule has 4 aliphatic rings. The van der Waals surface area contributed by atoms with E-state index in [4.69, 9.17) is 72.1 Å². The second kappa shape index (κ2) is 52.9. The lowest BCUT2D eigenvalue weighted by molar-refractivity contribution is -0.157. The summed E-state index contributed by atoms with van der Waals surface area (Å²) < 4.78 is 75.7. The quantitative estimate of drug-likeness (QED) is 0.0107. The number of fused-ring (bicyclic) bond motifs is 3. The second-order valence-corrected chi connectivity index (χ2v) is 32.6. The van der Waals surface area contributed by atoms with Crippen LogP contribution in [0.4, 0.5) is 16.6 Å². The number of piperidine rings is 1. The van der Waals surface area contributed by atoms with Crippen LogP contribution in [-0.4, -0.2) is 265 Å². The van der Waals surface area contributed by atoms with Crippen LogP contribution in [0.5, 0.6) is 0 Å². The highest BCUT2D eigenvalue weighted by atomic mass is 16.6. The summed E-state index contributed by atoms with van der Waals surface area (Å²) in [5.74, 6) is 0.437. The van der Waals surface area contributed by atoms with Gasteiger partial charge in [0.05, 0.1) is 142 Å². The summed E-state index contributed by atoms with van der Waals surface area (Å²) in [6, 6.07) is 12.2. The predicted molar refractivity (Wildman–Crippen MR) is 459 cm³/mol. The molecule has 9 rings (SSSR count). The zero-order valence-electron chi connectivity index (χ0n) is 72.7. The van der Waals surface area contributed by atoms with E-state index < -0.39 is 30.0 Å². The maximum absolute atomic E-state index is 13.3. The highest BCUT2D eigenvalue weighted by Crippen LogP contribution is 2.37. The number of hydrogen-bond acceptors (Lipinski definition) is 26. The van der Waals surface area contributed by atoms with Crippen molar-refractivity contribution in [3.63, 3.8) is 0 Å². The SMILES string of the molecule is CO[C@@H](CC1CCCC(C(=O)C(=O)N2CCCCC2)O1)/C(C)=C/C=C/C=C/[C@@H](C)C[C@@H](C)C(=O)C[C@H](O)/C(C)=C/[C@@H](C)CC[C@@H](CC[C@H]1CC[C@H](OC(=O)NCCOCCOCCOCCOCCOCCOCCOCCOCCC(=O)N2CCc3cc(Cn4nc(-c5ccc6oc(N)nc6c5)c5c(N(C)C)ncnc54)ccc3C2)CC1)OC=O. The van der Waals surface area contributed by atoms with E-state index in [9.17, 15) is 33.9 Å². The number of rotatable bonds is 56. The minimum absolute atomic E-state index is 0.0159. The van der Waals surface area contributed by atoms with Crippen LogP contribution in [0.1, 0.15) is 167 Å². The van der Waals surface area contributed by atoms with Gasteiger partial charge >= 0.3 is 6.09 Å². The second-order valence-electron chi connectivity index (χ2n) is 32.6. The van der Waals surface area contributed by atoms with Crippen LogP contribution < -0.4 is 16.0 Å². The Kier molecular flexibility index (Phi) is 42.2. The third-order valence-corrected chi connectivity index (χ3v) is 22.8. The molecule has 0 spiro atoms. The number of methoxy groups -OCH3 is 1. The van der Waals surface area contributed by atoms with E-state index in [1.54, 1.807) is 18.3 Å². The summed E-state index contributed by atoms with van der Waals surface area (Å²) in [5, 5.41) is 19.8. The van der Waals surface area contributed by atoms with E-state index in [0.717, 1.165) is 128 Å². The van der Waals surface area contributed by atoms with Crippen molar-refractivity contribution in [2.45, 2.75) is 206 Å². The Bertz CT molecular complexity index is 4110. The van der Waals surface area contributed by atoms with E-state index >= 15 is 0 Å². The molecule has 2 saturated heterocycles. The Morgan fingerprint density at radius 1 is 0.711 bits per heavy atom. The lowest BCUT2D eigenvalue weighted by Crippen LogP contribution is -2.46. The van der Waals surface area contributed by atoms with Crippen LogP contribution in [0.3, 0.4) is 0 Å². The van der Waals surface area contributed by atoms with Crippen LogP contribution in [0.2, 0.25) is 0 Å². The van der Waals surface area contributed by atoms with Gasteiger partial charge in [0, 0.05) is 78.3 Å². The van der Waals surface area contributed by atoms with Gasteiger partial charge in [-0.05, 0) is 180 Å². The van der Waals surface area contributed by atoms with Gasteiger partial charge in [-0.3, -0.25) is 24.0 Å². The van der Waals surface area contributed by atoms with Crippen LogP contribution >= 0.6 is 0 Å². The van der Waals surface area contributed by atoms with Gasteiger partial charge in [-0.15, -0.1) is 0 Å². The van der Waals surface area contributed by atoms with Gasteiger partial charge in [0.1, 0.15) is 47.5 Å². The maximum atomic E-state index is 13.3. The van der Waals surface area contributed by atoms with Gasteiger partial charge in [0.25, 0.3) is 18.4 Å². The average molecular weight is 1690 g/mol. The Balaban J connectivity index is 0.498. The lowest BCUT2D eigenvalue weighted by atomic mass is 9.83. The zero-order chi connectivity index (χ0) is 86.1. The molecule has 6 heterocycles. The number of anilines is 2. The molecular weight excluding hydrogens is 1550 g/mol. The number of ketones is 2. The molecule has 1 aliphatic carbocycles. The Hall–Kier alpha value is -8.40. The number of aromatic nitrogens is 5. The number of nitrogen functional groups attached to an aromatic ring is 1. The van der Waals surface area contributed by atoms with E-state index in [-0.39, 0.29) is 66.3 Å². The Morgan fingerprint density at radius 2 is 1.38 bits per heavy atom. The number of oxazole rings is 1. The fourth-order valence-corrected chi connectivity index (χ4v) is 15.9. The predicted octanol–water partition coefficient (Wildman–Crippen LogP) is 11.7. The molecular formula is C91H134N10O20. The number of nitrogens with two attached hydrogens (primary N) is 1. The number of ether oxygens (including phenoxy) is 12. The molecule has 121 heavy (non-hydrogen) atoms. The number of carbonyl (C=O) groups is 6. The lowest BCUT2D eigenvalue weighted by Gasteiger charge is -2.33. The first kappa shape index (κ1) is 96.4. The number of Topliss-reactive ketones (excluding diaryl/α,β-unsaturated/α-hetero) is 2. The number of allylic oxidation sites excluding steroid dienone is 6. The largest absolute Gasteiger partial charge is 0.465 e. The molecule has 1 saturated carbocycles. The van der Waals surface area contributed by atoms with Crippen molar-refractivity contribution >= 4 is 69.9 Å². The highest BCUT2D eigenvalue weighted by Gasteiger charge is 2.36. The van der Waals surface area contributed by atoms with Crippen molar-refractivity contribution in [3.8, 4) is 11.3 Å². The van der Waals surface area contributed by atoms with E-state index in [2.05, 4.69) is 58.4 Å².